The number of pyridine rings is 1. The normalized spacial score (nSPS) is 10.3. The van der Waals surface area contributed by atoms with Crippen LogP contribution in [0.2, 0.25) is 0 Å². The fourth-order valence-corrected chi connectivity index (χ4v) is 1.73. The van der Waals surface area contributed by atoms with Crippen LogP contribution in [0.3, 0.4) is 0 Å². The highest BCUT2D eigenvalue weighted by Gasteiger charge is 1.99. The molecule has 0 amide bonds. The van der Waals surface area contributed by atoms with Gasteiger partial charge >= 0.3 is 0 Å². The molecule has 2 aromatic rings. The minimum Gasteiger partial charge on any atom is -0.322 e. The highest BCUT2D eigenvalue weighted by molar-refractivity contribution is 9.10. The Bertz CT molecular complexity index is 528. The SMILES string of the molecule is Cc1cc(-c2ccc(Br)cc2)[nH]c(=O)c1. The average Bonchev–Trinajstić information content (AvgIpc) is 2.17. The third kappa shape index (κ3) is 2.36. The Labute approximate surface area is 96.1 Å². The van der Waals surface area contributed by atoms with Crippen molar-refractivity contribution in [2.75, 3.05) is 0 Å². The molecule has 0 unspecified atom stereocenters. The Morgan fingerprint density at radius 2 is 1.80 bits per heavy atom. The zero-order valence-electron chi connectivity index (χ0n) is 8.25. The molecule has 0 radical (unpaired) electrons. The monoisotopic (exact) mass is 263 g/mol. The third-order valence-electron chi connectivity index (χ3n) is 2.14. The standard InChI is InChI=1S/C12H10BrNO/c1-8-6-11(14-12(15)7-8)9-2-4-10(13)5-3-9/h2-7H,1H3,(H,14,15). The zero-order valence-corrected chi connectivity index (χ0v) is 9.84. The number of rotatable bonds is 1. The second kappa shape index (κ2) is 4.03. The molecule has 0 aliphatic rings. The van der Waals surface area contributed by atoms with Crippen molar-refractivity contribution in [2.45, 2.75) is 6.92 Å². The Kier molecular flexibility index (Phi) is 2.73. The molecule has 1 aromatic carbocycles. The molecular weight excluding hydrogens is 254 g/mol. The van der Waals surface area contributed by atoms with Crippen LogP contribution in [0.1, 0.15) is 5.56 Å². The molecule has 0 spiro atoms. The van der Waals surface area contributed by atoms with Crippen LogP contribution >= 0.6 is 15.9 Å². The van der Waals surface area contributed by atoms with Gasteiger partial charge in [0.15, 0.2) is 0 Å². The molecule has 3 heteroatoms. The second-order valence-electron chi connectivity index (χ2n) is 3.44. The summed E-state index contributed by atoms with van der Waals surface area (Å²) in [6, 6.07) is 11.4. The predicted octanol–water partition coefficient (Wildman–Crippen LogP) is 3.11. The third-order valence-corrected chi connectivity index (χ3v) is 2.67. The van der Waals surface area contributed by atoms with Gasteiger partial charge in [0.2, 0.25) is 5.56 Å². The molecule has 0 aliphatic heterocycles. The van der Waals surface area contributed by atoms with Gasteiger partial charge in [0, 0.05) is 16.2 Å². The molecule has 0 bridgehead atoms. The number of nitrogens with one attached hydrogen (secondary N) is 1. The predicted molar refractivity (Wildman–Crippen MR) is 64.9 cm³/mol. The van der Waals surface area contributed by atoms with E-state index in [2.05, 4.69) is 20.9 Å². The molecule has 2 rings (SSSR count). The Hall–Kier alpha value is -1.35. The van der Waals surface area contributed by atoms with E-state index in [4.69, 9.17) is 0 Å². The van der Waals surface area contributed by atoms with Gasteiger partial charge in [-0.1, -0.05) is 28.1 Å². The molecule has 2 nitrogen and oxygen atoms in total. The summed E-state index contributed by atoms with van der Waals surface area (Å²) < 4.78 is 1.03. The van der Waals surface area contributed by atoms with Gasteiger partial charge < -0.3 is 4.98 Å². The number of hydrogen-bond donors (Lipinski definition) is 1. The van der Waals surface area contributed by atoms with E-state index in [1.807, 2.05) is 37.3 Å². The number of aromatic amines is 1. The van der Waals surface area contributed by atoms with Crippen molar-refractivity contribution >= 4 is 15.9 Å². The van der Waals surface area contributed by atoms with E-state index in [0.717, 1.165) is 21.3 Å². The van der Waals surface area contributed by atoms with Gasteiger partial charge in [0.25, 0.3) is 0 Å². The number of H-pyrrole nitrogens is 1. The molecule has 76 valence electrons. The lowest BCUT2D eigenvalue weighted by molar-refractivity contribution is 1.21. The number of aromatic nitrogens is 1. The van der Waals surface area contributed by atoms with Crippen molar-refractivity contribution in [1.82, 2.24) is 4.98 Å². The molecule has 1 N–H and O–H groups in total. The number of halogens is 1. The lowest BCUT2D eigenvalue weighted by atomic mass is 10.1. The van der Waals surface area contributed by atoms with Crippen LogP contribution in [0.25, 0.3) is 11.3 Å². The lowest BCUT2D eigenvalue weighted by Crippen LogP contribution is -2.05. The molecule has 1 aromatic heterocycles. The second-order valence-corrected chi connectivity index (χ2v) is 4.36. The molecule has 0 saturated heterocycles. The van der Waals surface area contributed by atoms with Crippen LogP contribution in [0.4, 0.5) is 0 Å². The zero-order chi connectivity index (χ0) is 10.8. The van der Waals surface area contributed by atoms with Crippen molar-refractivity contribution in [1.29, 1.82) is 0 Å². The summed E-state index contributed by atoms with van der Waals surface area (Å²) in [5.41, 5.74) is 2.77. The van der Waals surface area contributed by atoms with Crippen LogP contribution < -0.4 is 5.56 Å². The number of benzene rings is 1. The van der Waals surface area contributed by atoms with E-state index < -0.39 is 0 Å². The summed E-state index contributed by atoms with van der Waals surface area (Å²) >= 11 is 3.37. The van der Waals surface area contributed by atoms with Crippen LogP contribution in [-0.2, 0) is 0 Å². The smallest absolute Gasteiger partial charge is 0.248 e. The molecular formula is C12H10BrNO. The molecule has 0 aliphatic carbocycles. The Balaban J connectivity index is 2.54. The summed E-state index contributed by atoms with van der Waals surface area (Å²) in [5.74, 6) is 0. The largest absolute Gasteiger partial charge is 0.322 e. The maximum atomic E-state index is 11.3. The molecule has 15 heavy (non-hydrogen) atoms. The van der Waals surface area contributed by atoms with Gasteiger partial charge in [0.05, 0.1) is 0 Å². The van der Waals surface area contributed by atoms with Crippen LogP contribution in [0, 0.1) is 6.92 Å². The highest BCUT2D eigenvalue weighted by Crippen LogP contribution is 2.19. The van der Waals surface area contributed by atoms with Crippen LogP contribution in [-0.4, -0.2) is 4.98 Å². The van der Waals surface area contributed by atoms with Crippen LogP contribution in [0.5, 0.6) is 0 Å². The van der Waals surface area contributed by atoms with E-state index in [0.29, 0.717) is 0 Å². The fraction of sp³-hybridized carbons (Fsp3) is 0.0833. The topological polar surface area (TPSA) is 32.9 Å². The van der Waals surface area contributed by atoms with Gasteiger partial charge in [0.1, 0.15) is 0 Å². The summed E-state index contributed by atoms with van der Waals surface area (Å²) in [4.78, 5) is 14.1. The van der Waals surface area contributed by atoms with Gasteiger partial charge in [-0.05, 0) is 36.2 Å². The van der Waals surface area contributed by atoms with E-state index in [9.17, 15) is 4.79 Å². The quantitative estimate of drug-likeness (QED) is 0.843. The fourth-order valence-electron chi connectivity index (χ4n) is 1.47. The first-order chi connectivity index (χ1) is 7.15. The van der Waals surface area contributed by atoms with E-state index >= 15 is 0 Å². The first-order valence-corrected chi connectivity index (χ1v) is 5.41. The Morgan fingerprint density at radius 3 is 2.40 bits per heavy atom. The van der Waals surface area contributed by atoms with Gasteiger partial charge in [-0.25, -0.2) is 0 Å². The first kappa shape index (κ1) is 10.2. The van der Waals surface area contributed by atoms with E-state index in [1.54, 1.807) is 6.07 Å². The lowest BCUT2D eigenvalue weighted by Gasteiger charge is -2.02. The molecule has 0 saturated carbocycles. The van der Waals surface area contributed by atoms with Crippen molar-refractivity contribution in [3.8, 4) is 11.3 Å². The first-order valence-electron chi connectivity index (χ1n) is 4.62. The van der Waals surface area contributed by atoms with Crippen molar-refractivity contribution in [3.05, 3.63) is 56.8 Å². The van der Waals surface area contributed by atoms with Crippen molar-refractivity contribution in [2.24, 2.45) is 0 Å². The highest BCUT2D eigenvalue weighted by atomic mass is 79.9. The van der Waals surface area contributed by atoms with Crippen LogP contribution in [0.15, 0.2) is 45.7 Å². The number of aryl methyl sites for hydroxylation is 1. The maximum absolute atomic E-state index is 11.3. The number of hydrogen-bond acceptors (Lipinski definition) is 1. The van der Waals surface area contributed by atoms with Crippen molar-refractivity contribution < 1.29 is 0 Å². The molecule has 0 atom stereocenters. The summed E-state index contributed by atoms with van der Waals surface area (Å²) in [7, 11) is 0. The Morgan fingerprint density at radius 1 is 1.13 bits per heavy atom. The molecule has 1 heterocycles. The van der Waals surface area contributed by atoms with E-state index in [-0.39, 0.29) is 5.56 Å². The van der Waals surface area contributed by atoms with Gasteiger partial charge in [-0.2, -0.15) is 0 Å². The van der Waals surface area contributed by atoms with E-state index in [1.165, 1.54) is 0 Å². The minimum absolute atomic E-state index is 0.0621. The maximum Gasteiger partial charge on any atom is 0.248 e. The van der Waals surface area contributed by atoms with Gasteiger partial charge in [-0.15, -0.1) is 0 Å². The minimum atomic E-state index is -0.0621. The summed E-state index contributed by atoms with van der Waals surface area (Å²) in [6.07, 6.45) is 0. The van der Waals surface area contributed by atoms with Crippen molar-refractivity contribution in [3.63, 3.8) is 0 Å². The summed E-state index contributed by atoms with van der Waals surface area (Å²) in [6.45, 7) is 1.91. The average molecular weight is 264 g/mol. The summed E-state index contributed by atoms with van der Waals surface area (Å²) in [5, 5.41) is 0. The van der Waals surface area contributed by atoms with Gasteiger partial charge in [-0.3, -0.25) is 4.79 Å². The molecule has 0 fully saturated rings.